The zero-order valence-electron chi connectivity index (χ0n) is 10.6. The van der Waals surface area contributed by atoms with Gasteiger partial charge in [-0.05, 0) is 24.6 Å². The molecule has 7 heteroatoms. The van der Waals surface area contributed by atoms with E-state index in [0.717, 1.165) is 17.7 Å². The average Bonchev–Trinajstić information content (AvgIpc) is 2.89. The zero-order valence-corrected chi connectivity index (χ0v) is 10.6. The van der Waals surface area contributed by atoms with Crippen molar-refractivity contribution in [1.29, 1.82) is 0 Å². The zero-order chi connectivity index (χ0) is 14.8. The van der Waals surface area contributed by atoms with Gasteiger partial charge in [-0.15, -0.1) is 0 Å². The fourth-order valence-electron chi connectivity index (χ4n) is 1.85. The van der Waals surface area contributed by atoms with E-state index in [4.69, 9.17) is 0 Å². The molecule has 2 rings (SSSR count). The summed E-state index contributed by atoms with van der Waals surface area (Å²) in [6, 6.07) is 2.52. The maximum atomic E-state index is 13.0. The Morgan fingerprint density at radius 2 is 2.10 bits per heavy atom. The van der Waals surface area contributed by atoms with Crippen LogP contribution in [0.25, 0.3) is 0 Å². The summed E-state index contributed by atoms with van der Waals surface area (Å²) in [5.74, 6) is -0.899. The summed E-state index contributed by atoms with van der Waals surface area (Å²) in [6.45, 7) is 1.79. The molecule has 0 bridgehead atoms. The summed E-state index contributed by atoms with van der Waals surface area (Å²) >= 11 is 0. The smallest absolute Gasteiger partial charge is 0.306 e. The Morgan fingerprint density at radius 3 is 2.70 bits per heavy atom. The molecule has 0 radical (unpaired) electrons. The van der Waals surface area contributed by atoms with Crippen molar-refractivity contribution in [1.82, 2.24) is 15.5 Å². The second kappa shape index (κ2) is 5.62. The van der Waals surface area contributed by atoms with Crippen molar-refractivity contribution >= 4 is 0 Å². The largest absolute Gasteiger partial charge is 0.416 e. The van der Waals surface area contributed by atoms with Gasteiger partial charge < -0.3 is 5.32 Å². The SMILES string of the molecule is CC(NCc1ccc(F)cc1C(F)(F)F)c1cn[nH]c1. The quantitative estimate of drug-likeness (QED) is 0.846. The van der Waals surface area contributed by atoms with Gasteiger partial charge in [0.15, 0.2) is 0 Å². The topological polar surface area (TPSA) is 40.7 Å². The molecule has 20 heavy (non-hydrogen) atoms. The number of rotatable bonds is 4. The number of hydrogen-bond donors (Lipinski definition) is 2. The number of halogens is 4. The lowest BCUT2D eigenvalue weighted by molar-refractivity contribution is -0.138. The van der Waals surface area contributed by atoms with Gasteiger partial charge >= 0.3 is 6.18 Å². The summed E-state index contributed by atoms with van der Waals surface area (Å²) < 4.78 is 51.4. The van der Waals surface area contributed by atoms with Crippen molar-refractivity contribution < 1.29 is 17.6 Å². The van der Waals surface area contributed by atoms with E-state index in [-0.39, 0.29) is 18.2 Å². The molecule has 1 atom stereocenters. The van der Waals surface area contributed by atoms with E-state index in [9.17, 15) is 17.6 Å². The number of aromatic nitrogens is 2. The number of nitrogens with one attached hydrogen (secondary N) is 2. The van der Waals surface area contributed by atoms with Crippen LogP contribution in [0.15, 0.2) is 30.6 Å². The van der Waals surface area contributed by atoms with Crippen molar-refractivity contribution in [3.8, 4) is 0 Å². The van der Waals surface area contributed by atoms with Gasteiger partial charge in [-0.3, -0.25) is 5.10 Å². The van der Waals surface area contributed by atoms with Crippen LogP contribution in [0, 0.1) is 5.82 Å². The molecule has 0 amide bonds. The van der Waals surface area contributed by atoms with E-state index in [1.54, 1.807) is 12.4 Å². The van der Waals surface area contributed by atoms with Crippen LogP contribution in [0.5, 0.6) is 0 Å². The molecule has 0 aliphatic carbocycles. The highest BCUT2D eigenvalue weighted by molar-refractivity contribution is 5.30. The number of benzene rings is 1. The Balaban J connectivity index is 2.13. The van der Waals surface area contributed by atoms with Crippen LogP contribution >= 0.6 is 0 Å². The second-order valence-corrected chi connectivity index (χ2v) is 4.43. The predicted molar refractivity (Wildman–Crippen MR) is 65.2 cm³/mol. The van der Waals surface area contributed by atoms with Crippen LogP contribution < -0.4 is 5.32 Å². The first-order valence-corrected chi connectivity index (χ1v) is 5.95. The normalized spacial score (nSPS) is 13.4. The average molecular weight is 287 g/mol. The van der Waals surface area contributed by atoms with Gasteiger partial charge in [-0.25, -0.2) is 4.39 Å². The Kier molecular flexibility index (Phi) is 4.08. The fourth-order valence-corrected chi connectivity index (χ4v) is 1.85. The number of aromatic amines is 1. The molecule has 0 saturated carbocycles. The summed E-state index contributed by atoms with van der Waals surface area (Å²) in [7, 11) is 0. The van der Waals surface area contributed by atoms with Crippen LogP contribution in [0.1, 0.15) is 29.7 Å². The van der Waals surface area contributed by atoms with Crippen molar-refractivity contribution in [3.05, 3.63) is 53.1 Å². The van der Waals surface area contributed by atoms with Crippen molar-refractivity contribution in [3.63, 3.8) is 0 Å². The molecule has 0 aliphatic rings. The summed E-state index contributed by atoms with van der Waals surface area (Å²) in [5.41, 5.74) is -0.112. The molecule has 0 spiro atoms. The molecule has 1 aromatic carbocycles. The van der Waals surface area contributed by atoms with Gasteiger partial charge in [-0.1, -0.05) is 6.07 Å². The molecular weight excluding hydrogens is 274 g/mol. The summed E-state index contributed by atoms with van der Waals surface area (Å²) in [4.78, 5) is 0. The Hall–Kier alpha value is -1.89. The Morgan fingerprint density at radius 1 is 1.35 bits per heavy atom. The van der Waals surface area contributed by atoms with Crippen LogP contribution in [0.2, 0.25) is 0 Å². The molecule has 108 valence electrons. The minimum absolute atomic E-state index is 0.00856. The van der Waals surface area contributed by atoms with Gasteiger partial charge in [-0.2, -0.15) is 18.3 Å². The second-order valence-electron chi connectivity index (χ2n) is 4.43. The van der Waals surface area contributed by atoms with E-state index in [2.05, 4.69) is 15.5 Å². The molecule has 1 unspecified atom stereocenters. The summed E-state index contributed by atoms with van der Waals surface area (Å²) in [6.07, 6.45) is -1.32. The standard InChI is InChI=1S/C13H13F4N3/c1-8(10-6-19-20-7-10)18-5-9-2-3-11(14)4-12(9)13(15,16)17/h2-4,6-8,18H,5H2,1H3,(H,19,20). The number of H-pyrrole nitrogens is 1. The van der Waals surface area contributed by atoms with Crippen molar-refractivity contribution in [2.75, 3.05) is 0 Å². The van der Waals surface area contributed by atoms with Gasteiger partial charge in [0, 0.05) is 24.3 Å². The Labute approximate surface area is 113 Å². The third-order valence-electron chi connectivity index (χ3n) is 3.00. The lowest BCUT2D eigenvalue weighted by Crippen LogP contribution is -2.20. The molecule has 0 saturated heterocycles. The number of alkyl halides is 3. The van der Waals surface area contributed by atoms with Gasteiger partial charge in [0.05, 0.1) is 11.8 Å². The molecule has 1 heterocycles. The first-order valence-electron chi connectivity index (χ1n) is 5.95. The molecular formula is C13H13F4N3. The Bertz CT molecular complexity index is 563. The molecule has 3 nitrogen and oxygen atoms in total. The number of hydrogen-bond acceptors (Lipinski definition) is 2. The van der Waals surface area contributed by atoms with Gasteiger partial charge in [0.25, 0.3) is 0 Å². The predicted octanol–water partition coefficient (Wildman–Crippen LogP) is 3.42. The third-order valence-corrected chi connectivity index (χ3v) is 3.00. The van der Waals surface area contributed by atoms with Crippen LogP contribution in [0.3, 0.4) is 0 Å². The fraction of sp³-hybridized carbons (Fsp3) is 0.308. The monoisotopic (exact) mass is 287 g/mol. The lowest BCUT2D eigenvalue weighted by atomic mass is 10.1. The van der Waals surface area contributed by atoms with Crippen molar-refractivity contribution in [2.45, 2.75) is 25.7 Å². The van der Waals surface area contributed by atoms with E-state index in [0.29, 0.717) is 6.07 Å². The van der Waals surface area contributed by atoms with Gasteiger partial charge in [0.1, 0.15) is 5.82 Å². The molecule has 2 aromatic rings. The third kappa shape index (κ3) is 3.36. The van der Waals surface area contributed by atoms with E-state index >= 15 is 0 Å². The van der Waals surface area contributed by atoms with E-state index < -0.39 is 17.6 Å². The molecule has 0 fully saturated rings. The highest BCUT2D eigenvalue weighted by atomic mass is 19.4. The first kappa shape index (κ1) is 14.5. The maximum Gasteiger partial charge on any atom is 0.416 e. The molecule has 0 aliphatic heterocycles. The van der Waals surface area contributed by atoms with Crippen molar-refractivity contribution in [2.24, 2.45) is 0 Å². The lowest BCUT2D eigenvalue weighted by Gasteiger charge is -2.16. The molecule has 2 N–H and O–H groups in total. The van der Waals surface area contributed by atoms with Gasteiger partial charge in [0.2, 0.25) is 0 Å². The molecule has 1 aromatic heterocycles. The van der Waals surface area contributed by atoms with Crippen LogP contribution in [-0.2, 0) is 12.7 Å². The minimum Gasteiger partial charge on any atom is -0.306 e. The maximum absolute atomic E-state index is 13.0. The van der Waals surface area contributed by atoms with E-state index in [1.807, 2.05) is 6.92 Å². The highest BCUT2D eigenvalue weighted by Crippen LogP contribution is 2.32. The highest BCUT2D eigenvalue weighted by Gasteiger charge is 2.33. The minimum atomic E-state index is -4.57. The van der Waals surface area contributed by atoms with Crippen LogP contribution in [0.4, 0.5) is 17.6 Å². The summed E-state index contributed by atoms with van der Waals surface area (Å²) in [5, 5.41) is 9.36. The van der Waals surface area contributed by atoms with Crippen LogP contribution in [-0.4, -0.2) is 10.2 Å². The van der Waals surface area contributed by atoms with E-state index in [1.165, 1.54) is 0 Å². The number of nitrogens with zero attached hydrogens (tertiary/aromatic N) is 1. The first-order chi connectivity index (χ1) is 9.38.